The Hall–Kier alpha value is -1.38. The highest BCUT2D eigenvalue weighted by atomic mass is 15.1. The van der Waals surface area contributed by atoms with E-state index in [9.17, 15) is 0 Å². The topological polar surface area (TPSA) is 37.8 Å². The van der Waals surface area contributed by atoms with Crippen LogP contribution in [0.5, 0.6) is 0 Å². The molecule has 0 saturated heterocycles. The number of hydrogen-bond donors (Lipinski definition) is 1. The van der Waals surface area contributed by atoms with Crippen LogP contribution in [0.4, 0.5) is 5.95 Å². The zero-order valence-corrected chi connectivity index (χ0v) is 9.04. The molecule has 1 rings (SSSR count). The summed E-state index contributed by atoms with van der Waals surface area (Å²) in [5, 5.41) is 3.09. The Balaban J connectivity index is 2.89. The van der Waals surface area contributed by atoms with Gasteiger partial charge in [-0.3, -0.25) is 0 Å². The Morgan fingerprint density at radius 3 is 2.79 bits per heavy atom. The van der Waals surface area contributed by atoms with Crippen LogP contribution in [0.3, 0.4) is 0 Å². The fourth-order valence-corrected chi connectivity index (χ4v) is 1.13. The van der Waals surface area contributed by atoms with Crippen molar-refractivity contribution in [1.29, 1.82) is 0 Å². The second kappa shape index (κ2) is 4.74. The summed E-state index contributed by atoms with van der Waals surface area (Å²) in [6.07, 6.45) is 1.79. The third-order valence-electron chi connectivity index (χ3n) is 1.87. The fraction of sp³-hybridized carbons (Fsp3) is 0.455. The largest absolute Gasteiger partial charge is 0.351 e. The van der Waals surface area contributed by atoms with Gasteiger partial charge in [0.05, 0.1) is 0 Å². The fourth-order valence-electron chi connectivity index (χ4n) is 1.13. The quantitative estimate of drug-likeness (QED) is 0.743. The molecule has 0 unspecified atom stereocenters. The van der Waals surface area contributed by atoms with E-state index in [1.54, 1.807) is 6.08 Å². The third-order valence-corrected chi connectivity index (χ3v) is 1.87. The van der Waals surface area contributed by atoms with Gasteiger partial charge in [-0.2, -0.15) is 0 Å². The van der Waals surface area contributed by atoms with Crippen molar-refractivity contribution < 1.29 is 0 Å². The number of nitrogens with one attached hydrogen (secondary N) is 1. The second-order valence-corrected chi connectivity index (χ2v) is 3.58. The van der Waals surface area contributed by atoms with Crippen molar-refractivity contribution >= 4 is 5.95 Å². The Bertz CT molecular complexity index is 318. The molecule has 0 radical (unpaired) electrons. The summed E-state index contributed by atoms with van der Waals surface area (Å²) >= 11 is 0. The lowest BCUT2D eigenvalue weighted by atomic mass is 10.1. The zero-order chi connectivity index (χ0) is 10.6. The van der Waals surface area contributed by atoms with Gasteiger partial charge in [0.1, 0.15) is 0 Å². The maximum Gasteiger partial charge on any atom is 0.223 e. The lowest BCUT2D eigenvalue weighted by molar-refractivity contribution is 0.810. The average Bonchev–Trinajstić information content (AvgIpc) is 2.14. The standard InChI is InChI=1S/C11H17N3/c1-5-6-12-11-13-9(4)7-10(14-11)8(2)3/h5,7-8H,1,6H2,2-4H3,(H,12,13,14). The first kappa shape index (κ1) is 10.7. The van der Waals surface area contributed by atoms with E-state index in [1.807, 2.05) is 13.0 Å². The van der Waals surface area contributed by atoms with E-state index in [4.69, 9.17) is 0 Å². The van der Waals surface area contributed by atoms with E-state index in [0.29, 0.717) is 18.4 Å². The highest BCUT2D eigenvalue weighted by Gasteiger charge is 2.04. The molecule has 14 heavy (non-hydrogen) atoms. The van der Waals surface area contributed by atoms with Crippen molar-refractivity contribution in [2.45, 2.75) is 26.7 Å². The molecule has 1 aromatic heterocycles. The van der Waals surface area contributed by atoms with E-state index < -0.39 is 0 Å². The van der Waals surface area contributed by atoms with E-state index in [2.05, 4.69) is 35.7 Å². The van der Waals surface area contributed by atoms with Crippen LogP contribution in [0.2, 0.25) is 0 Å². The molecule has 0 atom stereocenters. The maximum atomic E-state index is 4.40. The van der Waals surface area contributed by atoms with Crippen molar-refractivity contribution in [2.75, 3.05) is 11.9 Å². The van der Waals surface area contributed by atoms with Crippen molar-refractivity contribution in [3.05, 3.63) is 30.1 Å². The van der Waals surface area contributed by atoms with Crippen LogP contribution in [0.15, 0.2) is 18.7 Å². The second-order valence-electron chi connectivity index (χ2n) is 3.58. The summed E-state index contributed by atoms with van der Waals surface area (Å²) in [5.41, 5.74) is 2.07. The molecule has 0 aliphatic carbocycles. The molecule has 0 spiro atoms. The number of anilines is 1. The first-order valence-electron chi connectivity index (χ1n) is 4.84. The number of nitrogens with zero attached hydrogens (tertiary/aromatic N) is 2. The van der Waals surface area contributed by atoms with Crippen molar-refractivity contribution in [3.63, 3.8) is 0 Å². The minimum Gasteiger partial charge on any atom is -0.351 e. The van der Waals surface area contributed by atoms with Crippen LogP contribution < -0.4 is 5.32 Å². The van der Waals surface area contributed by atoms with Gasteiger partial charge in [0.15, 0.2) is 0 Å². The predicted octanol–water partition coefficient (Wildman–Crippen LogP) is 2.51. The lowest BCUT2D eigenvalue weighted by Gasteiger charge is -2.08. The number of aromatic nitrogens is 2. The van der Waals surface area contributed by atoms with Crippen LogP contribution in [0.25, 0.3) is 0 Å². The third kappa shape index (κ3) is 2.83. The molecule has 76 valence electrons. The smallest absolute Gasteiger partial charge is 0.223 e. The van der Waals surface area contributed by atoms with Gasteiger partial charge in [-0.05, 0) is 18.9 Å². The highest BCUT2D eigenvalue weighted by Crippen LogP contribution is 2.13. The van der Waals surface area contributed by atoms with Crippen LogP contribution in [0, 0.1) is 6.92 Å². The Morgan fingerprint density at radius 2 is 2.21 bits per heavy atom. The molecule has 0 aliphatic rings. The van der Waals surface area contributed by atoms with Gasteiger partial charge in [0.2, 0.25) is 5.95 Å². The molecule has 0 aromatic carbocycles. The molecular weight excluding hydrogens is 174 g/mol. The average molecular weight is 191 g/mol. The SMILES string of the molecule is C=CCNc1nc(C)cc(C(C)C)n1. The Morgan fingerprint density at radius 1 is 1.50 bits per heavy atom. The summed E-state index contributed by atoms with van der Waals surface area (Å²) < 4.78 is 0. The van der Waals surface area contributed by atoms with Gasteiger partial charge in [-0.15, -0.1) is 6.58 Å². The number of hydrogen-bond acceptors (Lipinski definition) is 3. The Labute approximate surface area is 85.3 Å². The molecular formula is C11H17N3. The molecule has 3 heteroatoms. The summed E-state index contributed by atoms with van der Waals surface area (Å²) in [6, 6.07) is 2.02. The Kier molecular flexibility index (Phi) is 3.63. The normalized spacial score (nSPS) is 10.3. The van der Waals surface area contributed by atoms with Crippen LogP contribution in [-0.4, -0.2) is 16.5 Å². The molecule has 3 nitrogen and oxygen atoms in total. The minimum atomic E-state index is 0.431. The summed E-state index contributed by atoms with van der Waals surface area (Å²) in [5.74, 6) is 1.12. The molecule has 0 aliphatic heterocycles. The van der Waals surface area contributed by atoms with E-state index in [1.165, 1.54) is 0 Å². The molecule has 0 amide bonds. The van der Waals surface area contributed by atoms with Gasteiger partial charge in [0, 0.05) is 17.9 Å². The molecule has 0 fully saturated rings. The summed E-state index contributed by atoms with van der Waals surface area (Å²) in [4.78, 5) is 8.68. The number of aryl methyl sites for hydroxylation is 1. The lowest BCUT2D eigenvalue weighted by Crippen LogP contribution is -2.06. The predicted molar refractivity (Wildman–Crippen MR) is 59.5 cm³/mol. The van der Waals surface area contributed by atoms with Crippen molar-refractivity contribution in [1.82, 2.24) is 9.97 Å². The molecule has 1 aromatic rings. The van der Waals surface area contributed by atoms with E-state index >= 15 is 0 Å². The van der Waals surface area contributed by atoms with Gasteiger partial charge in [0.25, 0.3) is 0 Å². The van der Waals surface area contributed by atoms with Crippen LogP contribution in [0.1, 0.15) is 31.2 Å². The summed E-state index contributed by atoms with van der Waals surface area (Å²) in [6.45, 7) is 10.6. The van der Waals surface area contributed by atoms with Crippen molar-refractivity contribution in [3.8, 4) is 0 Å². The monoisotopic (exact) mass is 191 g/mol. The molecule has 0 bridgehead atoms. The maximum absolute atomic E-state index is 4.40. The first-order valence-corrected chi connectivity index (χ1v) is 4.84. The van der Waals surface area contributed by atoms with Gasteiger partial charge in [-0.25, -0.2) is 9.97 Å². The van der Waals surface area contributed by atoms with Gasteiger partial charge >= 0.3 is 0 Å². The van der Waals surface area contributed by atoms with Crippen LogP contribution >= 0.6 is 0 Å². The zero-order valence-electron chi connectivity index (χ0n) is 9.04. The first-order chi connectivity index (χ1) is 6.63. The highest BCUT2D eigenvalue weighted by molar-refractivity contribution is 5.29. The molecule has 1 N–H and O–H groups in total. The van der Waals surface area contributed by atoms with Gasteiger partial charge < -0.3 is 5.32 Å². The molecule has 0 saturated carbocycles. The summed E-state index contributed by atoms with van der Waals surface area (Å²) in [7, 11) is 0. The van der Waals surface area contributed by atoms with Crippen LogP contribution in [-0.2, 0) is 0 Å². The van der Waals surface area contributed by atoms with Crippen molar-refractivity contribution in [2.24, 2.45) is 0 Å². The number of rotatable bonds is 4. The molecule has 1 heterocycles. The van der Waals surface area contributed by atoms with Gasteiger partial charge in [-0.1, -0.05) is 19.9 Å². The van der Waals surface area contributed by atoms with E-state index in [-0.39, 0.29) is 0 Å². The minimum absolute atomic E-state index is 0.431. The van der Waals surface area contributed by atoms with E-state index in [0.717, 1.165) is 11.4 Å².